The van der Waals surface area contributed by atoms with Gasteiger partial charge in [0.15, 0.2) is 17.4 Å². The van der Waals surface area contributed by atoms with Crippen LogP contribution in [0.5, 0.6) is 5.75 Å². The lowest BCUT2D eigenvalue weighted by atomic mass is 10.2. The SMILES string of the molecule is CC.CF.CNc1nc(-c2n[nH]c3ccccc23)ncc1OC. The minimum atomic E-state index is 0.500. The predicted octanol–water partition coefficient (Wildman–Crippen LogP) is 3.68. The number of fused-ring (bicyclic) bond motifs is 1. The number of benzene rings is 1. The molecule has 0 unspecified atom stereocenters. The average molecular weight is 319 g/mol. The molecule has 0 fully saturated rings. The third-order valence-corrected chi connectivity index (χ3v) is 2.89. The van der Waals surface area contributed by atoms with Crippen LogP contribution in [0.4, 0.5) is 10.2 Å². The molecule has 2 heterocycles. The maximum atomic E-state index is 9.50. The zero-order chi connectivity index (χ0) is 17.2. The maximum absolute atomic E-state index is 9.50. The zero-order valence-electron chi connectivity index (χ0n) is 14.0. The molecule has 1 aromatic carbocycles. The van der Waals surface area contributed by atoms with Crippen molar-refractivity contribution >= 4 is 16.7 Å². The summed E-state index contributed by atoms with van der Waals surface area (Å²) in [7, 11) is 3.88. The van der Waals surface area contributed by atoms with Crippen LogP contribution >= 0.6 is 0 Å². The number of alkyl halides is 1. The molecule has 0 saturated heterocycles. The van der Waals surface area contributed by atoms with Gasteiger partial charge >= 0.3 is 0 Å². The highest BCUT2D eigenvalue weighted by atomic mass is 19.1. The summed E-state index contributed by atoms with van der Waals surface area (Å²) < 4.78 is 14.7. The average Bonchev–Trinajstić information content (AvgIpc) is 3.08. The Hall–Kier alpha value is -2.70. The first-order chi connectivity index (χ1) is 11.3. The Morgan fingerprint density at radius 3 is 2.52 bits per heavy atom. The Morgan fingerprint density at radius 1 is 1.17 bits per heavy atom. The second kappa shape index (κ2) is 9.34. The molecule has 0 atom stereocenters. The highest BCUT2D eigenvalue weighted by molar-refractivity contribution is 5.91. The number of H-pyrrole nitrogens is 1. The minimum absolute atomic E-state index is 0.500. The van der Waals surface area contributed by atoms with Gasteiger partial charge in [-0.1, -0.05) is 32.0 Å². The Balaban J connectivity index is 0.000000615. The molecule has 0 aliphatic heterocycles. The van der Waals surface area contributed by atoms with Crippen LogP contribution in [-0.2, 0) is 0 Å². The van der Waals surface area contributed by atoms with E-state index in [0.717, 1.165) is 16.6 Å². The van der Waals surface area contributed by atoms with E-state index in [1.807, 2.05) is 38.1 Å². The maximum Gasteiger partial charge on any atom is 0.182 e. The number of hydrogen-bond acceptors (Lipinski definition) is 5. The highest BCUT2D eigenvalue weighted by Gasteiger charge is 2.13. The minimum Gasteiger partial charge on any atom is -0.491 e. The van der Waals surface area contributed by atoms with Gasteiger partial charge in [0, 0.05) is 12.4 Å². The van der Waals surface area contributed by atoms with Gasteiger partial charge < -0.3 is 10.1 Å². The van der Waals surface area contributed by atoms with Crippen molar-refractivity contribution < 1.29 is 9.13 Å². The number of para-hydroxylation sites is 1. The van der Waals surface area contributed by atoms with E-state index in [4.69, 9.17) is 4.74 Å². The molecular formula is C16H22FN5O. The number of nitrogens with zero attached hydrogens (tertiary/aromatic N) is 3. The van der Waals surface area contributed by atoms with Gasteiger partial charge in [-0.25, -0.2) is 9.97 Å². The van der Waals surface area contributed by atoms with Gasteiger partial charge in [-0.3, -0.25) is 9.49 Å². The first-order valence-electron chi connectivity index (χ1n) is 7.23. The van der Waals surface area contributed by atoms with Gasteiger partial charge in [-0.05, 0) is 6.07 Å². The van der Waals surface area contributed by atoms with E-state index in [0.29, 0.717) is 24.6 Å². The van der Waals surface area contributed by atoms with Crippen LogP contribution in [0.3, 0.4) is 0 Å². The van der Waals surface area contributed by atoms with E-state index in [1.54, 1.807) is 20.4 Å². The molecule has 23 heavy (non-hydrogen) atoms. The molecule has 0 amide bonds. The van der Waals surface area contributed by atoms with Crippen LogP contribution in [0, 0.1) is 0 Å². The van der Waals surface area contributed by atoms with Crippen molar-refractivity contribution in [3.63, 3.8) is 0 Å². The Kier molecular flexibility index (Phi) is 7.45. The summed E-state index contributed by atoms with van der Waals surface area (Å²) in [6, 6.07) is 7.87. The molecule has 6 nitrogen and oxygen atoms in total. The summed E-state index contributed by atoms with van der Waals surface area (Å²) in [5.41, 5.74) is 1.69. The van der Waals surface area contributed by atoms with E-state index in [1.165, 1.54) is 0 Å². The predicted molar refractivity (Wildman–Crippen MR) is 91.6 cm³/mol. The third kappa shape index (κ3) is 3.94. The van der Waals surface area contributed by atoms with Gasteiger partial charge in [0.25, 0.3) is 0 Å². The van der Waals surface area contributed by atoms with Crippen molar-refractivity contribution in [2.75, 3.05) is 26.7 Å². The summed E-state index contributed by atoms with van der Waals surface area (Å²) in [5, 5.41) is 11.2. The van der Waals surface area contributed by atoms with Crippen molar-refractivity contribution in [1.82, 2.24) is 20.2 Å². The molecule has 0 bridgehead atoms. The topological polar surface area (TPSA) is 75.7 Å². The number of ether oxygens (including phenoxy) is 1. The molecule has 3 rings (SSSR count). The fourth-order valence-corrected chi connectivity index (χ4v) is 1.95. The molecule has 124 valence electrons. The smallest absolute Gasteiger partial charge is 0.182 e. The normalized spacial score (nSPS) is 9.30. The van der Waals surface area contributed by atoms with Gasteiger partial charge in [0.1, 0.15) is 5.69 Å². The molecule has 2 aromatic heterocycles. The molecule has 0 radical (unpaired) electrons. The van der Waals surface area contributed by atoms with Crippen LogP contribution in [0.2, 0.25) is 0 Å². The van der Waals surface area contributed by atoms with E-state index in [-0.39, 0.29) is 0 Å². The summed E-state index contributed by atoms with van der Waals surface area (Å²) in [5.74, 6) is 1.80. The number of hydrogen-bond donors (Lipinski definition) is 2. The molecule has 7 heteroatoms. The number of anilines is 1. The van der Waals surface area contributed by atoms with Crippen LogP contribution in [0.15, 0.2) is 30.5 Å². The number of halogens is 1. The molecule has 3 aromatic rings. The van der Waals surface area contributed by atoms with Crippen molar-refractivity contribution in [3.05, 3.63) is 30.5 Å². The van der Waals surface area contributed by atoms with Crippen LogP contribution in [-0.4, -0.2) is 41.5 Å². The van der Waals surface area contributed by atoms with E-state index in [2.05, 4.69) is 25.5 Å². The van der Waals surface area contributed by atoms with E-state index >= 15 is 0 Å². The summed E-state index contributed by atoms with van der Waals surface area (Å²) in [4.78, 5) is 8.72. The van der Waals surface area contributed by atoms with Crippen molar-refractivity contribution in [3.8, 4) is 17.3 Å². The first kappa shape index (κ1) is 18.3. The first-order valence-corrected chi connectivity index (χ1v) is 7.23. The monoisotopic (exact) mass is 319 g/mol. The zero-order valence-corrected chi connectivity index (χ0v) is 14.0. The van der Waals surface area contributed by atoms with Gasteiger partial charge in [-0.15, -0.1) is 0 Å². The molecular weight excluding hydrogens is 297 g/mol. The van der Waals surface area contributed by atoms with Crippen molar-refractivity contribution in [2.45, 2.75) is 13.8 Å². The Labute approximate surface area is 135 Å². The fraction of sp³-hybridized carbons (Fsp3) is 0.312. The lowest BCUT2D eigenvalue weighted by Crippen LogP contribution is -2.00. The molecule has 0 saturated carbocycles. The summed E-state index contributed by atoms with van der Waals surface area (Å²) >= 11 is 0. The standard InChI is InChI=1S/C13H13N5O.C2H6.CH3F/c1-14-12-10(19-2)7-15-13(16-12)11-8-5-3-4-6-9(8)17-18-11;2*1-2/h3-7H,1-2H3,(H,17,18)(H,14,15,16);1-2H3;1H3. The van der Waals surface area contributed by atoms with Crippen LogP contribution in [0.25, 0.3) is 22.4 Å². The van der Waals surface area contributed by atoms with Crippen LogP contribution < -0.4 is 10.1 Å². The van der Waals surface area contributed by atoms with Gasteiger partial charge in [0.05, 0.1) is 26.0 Å². The number of nitrogens with one attached hydrogen (secondary N) is 2. The highest BCUT2D eigenvalue weighted by Crippen LogP contribution is 2.27. The van der Waals surface area contributed by atoms with Crippen molar-refractivity contribution in [1.29, 1.82) is 0 Å². The summed E-state index contributed by atoms with van der Waals surface area (Å²) in [6.07, 6.45) is 1.64. The van der Waals surface area contributed by atoms with E-state index < -0.39 is 0 Å². The van der Waals surface area contributed by atoms with Crippen LogP contribution in [0.1, 0.15) is 13.8 Å². The second-order valence-corrected chi connectivity index (χ2v) is 3.98. The Bertz CT molecular complexity index is 729. The molecule has 0 aliphatic carbocycles. The fourth-order valence-electron chi connectivity index (χ4n) is 1.95. The largest absolute Gasteiger partial charge is 0.491 e. The lowest BCUT2D eigenvalue weighted by molar-refractivity contribution is 0.413. The number of aromatic amines is 1. The number of aromatic nitrogens is 4. The second-order valence-electron chi connectivity index (χ2n) is 3.98. The molecule has 2 N–H and O–H groups in total. The molecule has 0 spiro atoms. The number of rotatable bonds is 3. The Morgan fingerprint density at radius 2 is 1.87 bits per heavy atom. The summed E-state index contributed by atoms with van der Waals surface area (Å²) in [6.45, 7) is 4.00. The van der Waals surface area contributed by atoms with E-state index in [9.17, 15) is 4.39 Å². The third-order valence-electron chi connectivity index (χ3n) is 2.89. The van der Waals surface area contributed by atoms with Crippen molar-refractivity contribution in [2.24, 2.45) is 0 Å². The number of methoxy groups -OCH3 is 1. The lowest BCUT2D eigenvalue weighted by Gasteiger charge is -2.07. The van der Waals surface area contributed by atoms with Gasteiger partial charge in [-0.2, -0.15) is 5.10 Å². The molecule has 0 aliphatic rings. The quantitative estimate of drug-likeness (QED) is 0.770. The van der Waals surface area contributed by atoms with Gasteiger partial charge in [0.2, 0.25) is 0 Å².